The van der Waals surface area contributed by atoms with E-state index in [1.54, 1.807) is 0 Å². The molecule has 6 heteroatoms. The molecule has 1 N–H and O–H groups in total. The predicted molar refractivity (Wildman–Crippen MR) is 63.2 cm³/mol. The van der Waals surface area contributed by atoms with Gasteiger partial charge in [-0.1, -0.05) is 6.07 Å². The van der Waals surface area contributed by atoms with E-state index in [9.17, 15) is 0 Å². The Bertz CT molecular complexity index is 667. The molecule has 2 aromatic heterocycles. The maximum atomic E-state index is 5.66. The summed E-state index contributed by atoms with van der Waals surface area (Å²) in [5.74, 6) is 0.672. The normalized spacial score (nSPS) is 10.6. The van der Waals surface area contributed by atoms with E-state index in [1.807, 2.05) is 30.5 Å². The third-order valence-corrected chi connectivity index (χ3v) is 2.46. The van der Waals surface area contributed by atoms with E-state index < -0.39 is 0 Å². The lowest BCUT2D eigenvalue weighted by atomic mass is 10.2. The van der Waals surface area contributed by atoms with Gasteiger partial charge in [-0.2, -0.15) is 9.97 Å². The zero-order chi connectivity index (χ0) is 11.7. The lowest BCUT2D eigenvalue weighted by Crippen LogP contribution is -1.93. The summed E-state index contributed by atoms with van der Waals surface area (Å²) < 4.78 is 5.56. The molecule has 2 heterocycles. The molecule has 0 atom stereocenters. The number of nitrogens with one attached hydrogen (secondary N) is 1. The first-order valence-corrected chi connectivity index (χ1v) is 5.29. The Morgan fingerprint density at radius 2 is 2.12 bits per heavy atom. The number of halogens is 1. The van der Waals surface area contributed by atoms with Crippen molar-refractivity contribution in [2.24, 2.45) is 0 Å². The molecule has 3 rings (SSSR count). The fourth-order valence-electron chi connectivity index (χ4n) is 1.56. The van der Waals surface area contributed by atoms with E-state index in [4.69, 9.17) is 16.3 Å². The van der Waals surface area contributed by atoms with Crippen molar-refractivity contribution < 1.29 is 4.74 Å². The summed E-state index contributed by atoms with van der Waals surface area (Å²) in [6.45, 7) is 0. The molecule has 0 aliphatic rings. The maximum Gasteiger partial charge on any atom is 0.326 e. The summed E-state index contributed by atoms with van der Waals surface area (Å²) in [5.41, 5.74) is 0.989. The third-order valence-electron chi connectivity index (χ3n) is 2.28. The zero-order valence-electron chi connectivity index (χ0n) is 8.59. The number of aromatic amines is 1. The highest BCUT2D eigenvalue weighted by molar-refractivity contribution is 6.28. The molecule has 0 saturated carbocycles. The number of hydrogen-bond donors (Lipinski definition) is 1. The van der Waals surface area contributed by atoms with Crippen LogP contribution in [0.15, 0.2) is 36.8 Å². The number of hydrogen-bond acceptors (Lipinski definition) is 4. The van der Waals surface area contributed by atoms with Gasteiger partial charge in [-0.15, -0.1) is 0 Å². The number of nitrogens with zero attached hydrogens (tertiary/aromatic N) is 3. The van der Waals surface area contributed by atoms with E-state index in [0.29, 0.717) is 5.75 Å². The average molecular weight is 247 g/mol. The van der Waals surface area contributed by atoms with E-state index in [-0.39, 0.29) is 11.3 Å². The summed E-state index contributed by atoms with van der Waals surface area (Å²) in [7, 11) is 0. The Morgan fingerprint density at radius 3 is 3.00 bits per heavy atom. The average Bonchev–Trinajstić information content (AvgIpc) is 2.78. The van der Waals surface area contributed by atoms with E-state index in [0.717, 1.165) is 10.9 Å². The van der Waals surface area contributed by atoms with Crippen LogP contribution in [-0.2, 0) is 0 Å². The van der Waals surface area contributed by atoms with Crippen LogP contribution in [0.5, 0.6) is 11.8 Å². The molecule has 84 valence electrons. The summed E-state index contributed by atoms with van der Waals surface area (Å²) in [4.78, 5) is 14.5. The SMILES string of the molecule is Clc1ncnc(Oc2cccc3[nH]ccc23)n1. The highest BCUT2D eigenvalue weighted by atomic mass is 35.5. The van der Waals surface area contributed by atoms with Crippen molar-refractivity contribution in [2.75, 3.05) is 0 Å². The van der Waals surface area contributed by atoms with Gasteiger partial charge in [0.25, 0.3) is 0 Å². The largest absolute Gasteiger partial charge is 0.423 e. The number of fused-ring (bicyclic) bond motifs is 1. The first kappa shape index (κ1) is 10.0. The van der Waals surface area contributed by atoms with Gasteiger partial charge >= 0.3 is 6.01 Å². The Morgan fingerprint density at radius 1 is 1.18 bits per heavy atom. The zero-order valence-corrected chi connectivity index (χ0v) is 9.35. The van der Waals surface area contributed by atoms with Gasteiger partial charge in [0.15, 0.2) is 0 Å². The van der Waals surface area contributed by atoms with Gasteiger partial charge in [-0.05, 0) is 29.8 Å². The topological polar surface area (TPSA) is 63.7 Å². The Labute approximate surface area is 101 Å². The molecule has 17 heavy (non-hydrogen) atoms. The second-order valence-corrected chi connectivity index (χ2v) is 3.67. The third kappa shape index (κ3) is 1.92. The lowest BCUT2D eigenvalue weighted by Gasteiger charge is -2.04. The predicted octanol–water partition coefficient (Wildman–Crippen LogP) is 2.80. The summed E-state index contributed by atoms with van der Waals surface area (Å²) >= 11 is 5.66. The molecule has 0 unspecified atom stereocenters. The van der Waals surface area contributed by atoms with Gasteiger partial charge in [-0.25, -0.2) is 4.98 Å². The van der Waals surface area contributed by atoms with Crippen LogP contribution in [0.4, 0.5) is 0 Å². The molecular formula is C11H7ClN4O. The Kier molecular flexibility index (Phi) is 2.38. The van der Waals surface area contributed by atoms with Crippen molar-refractivity contribution in [2.45, 2.75) is 0 Å². The van der Waals surface area contributed by atoms with Gasteiger partial charge in [0.05, 0.1) is 0 Å². The van der Waals surface area contributed by atoms with Gasteiger partial charge in [0, 0.05) is 17.1 Å². The van der Waals surface area contributed by atoms with E-state index in [1.165, 1.54) is 6.33 Å². The van der Waals surface area contributed by atoms with Crippen LogP contribution >= 0.6 is 11.6 Å². The Hall–Kier alpha value is -2.14. The van der Waals surface area contributed by atoms with Crippen LogP contribution in [0.25, 0.3) is 10.9 Å². The number of H-pyrrole nitrogens is 1. The highest BCUT2D eigenvalue weighted by Gasteiger charge is 2.06. The molecular weight excluding hydrogens is 240 g/mol. The minimum atomic E-state index is 0.108. The van der Waals surface area contributed by atoms with Gasteiger partial charge < -0.3 is 9.72 Å². The quantitative estimate of drug-likeness (QED) is 0.755. The molecule has 0 saturated heterocycles. The second-order valence-electron chi connectivity index (χ2n) is 3.33. The van der Waals surface area contributed by atoms with Crippen LogP contribution in [0, 0.1) is 0 Å². The fourth-order valence-corrected chi connectivity index (χ4v) is 1.67. The van der Waals surface area contributed by atoms with Crippen LogP contribution in [0.3, 0.4) is 0 Å². The van der Waals surface area contributed by atoms with Crippen LogP contribution in [-0.4, -0.2) is 19.9 Å². The summed E-state index contributed by atoms with van der Waals surface area (Å²) in [6, 6.07) is 7.79. The van der Waals surface area contributed by atoms with Crippen LogP contribution in [0.1, 0.15) is 0 Å². The van der Waals surface area contributed by atoms with Crippen molar-refractivity contribution in [3.05, 3.63) is 42.1 Å². The number of rotatable bonds is 2. The number of aromatic nitrogens is 4. The molecule has 0 bridgehead atoms. The Balaban J connectivity index is 2.02. The standard InChI is InChI=1S/C11H7ClN4O/c12-10-14-6-15-11(16-10)17-9-3-1-2-8-7(9)4-5-13-8/h1-6,13H. The molecule has 0 radical (unpaired) electrons. The molecule has 1 aromatic carbocycles. The van der Waals surface area contributed by atoms with Crippen molar-refractivity contribution >= 4 is 22.5 Å². The first-order chi connectivity index (χ1) is 8.33. The van der Waals surface area contributed by atoms with Crippen LogP contribution < -0.4 is 4.74 Å². The smallest absolute Gasteiger partial charge is 0.326 e. The minimum absolute atomic E-state index is 0.108. The van der Waals surface area contributed by atoms with Gasteiger partial charge in [-0.3, -0.25) is 0 Å². The fraction of sp³-hybridized carbons (Fsp3) is 0. The number of ether oxygens (including phenoxy) is 1. The van der Waals surface area contributed by atoms with Gasteiger partial charge in [0.1, 0.15) is 12.1 Å². The van der Waals surface area contributed by atoms with Crippen molar-refractivity contribution in [3.63, 3.8) is 0 Å². The molecule has 5 nitrogen and oxygen atoms in total. The number of benzene rings is 1. The van der Waals surface area contributed by atoms with E-state index >= 15 is 0 Å². The van der Waals surface area contributed by atoms with E-state index in [2.05, 4.69) is 19.9 Å². The molecule has 0 fully saturated rings. The second kappa shape index (κ2) is 4.03. The molecule has 0 amide bonds. The monoisotopic (exact) mass is 246 g/mol. The molecule has 0 spiro atoms. The molecule has 3 aromatic rings. The maximum absolute atomic E-state index is 5.66. The molecule has 0 aliphatic carbocycles. The minimum Gasteiger partial charge on any atom is -0.423 e. The highest BCUT2D eigenvalue weighted by Crippen LogP contribution is 2.27. The first-order valence-electron chi connectivity index (χ1n) is 4.91. The van der Waals surface area contributed by atoms with Crippen LogP contribution in [0.2, 0.25) is 5.28 Å². The van der Waals surface area contributed by atoms with Gasteiger partial charge in [0.2, 0.25) is 5.28 Å². The summed E-state index contributed by atoms with van der Waals surface area (Å²) in [6.07, 6.45) is 3.15. The van der Waals surface area contributed by atoms with Crippen molar-refractivity contribution in [1.29, 1.82) is 0 Å². The molecule has 0 aliphatic heterocycles. The summed E-state index contributed by atoms with van der Waals surface area (Å²) in [5, 5.41) is 1.07. The lowest BCUT2D eigenvalue weighted by molar-refractivity contribution is 0.444. The van der Waals surface area contributed by atoms with Crippen molar-refractivity contribution in [1.82, 2.24) is 19.9 Å². The van der Waals surface area contributed by atoms with Crippen molar-refractivity contribution in [3.8, 4) is 11.8 Å².